The van der Waals surface area contributed by atoms with Crippen LogP contribution in [0.4, 0.5) is 11.4 Å². The minimum absolute atomic E-state index is 0.0184. The van der Waals surface area contributed by atoms with Gasteiger partial charge in [0.2, 0.25) is 0 Å². The summed E-state index contributed by atoms with van der Waals surface area (Å²) in [6.07, 6.45) is 0.956. The number of nitrogens with zero attached hydrogens (tertiary/aromatic N) is 1. The highest BCUT2D eigenvalue weighted by Gasteiger charge is 2.12. The van der Waals surface area contributed by atoms with Crippen LogP contribution in [0.2, 0.25) is 5.02 Å². The van der Waals surface area contributed by atoms with Gasteiger partial charge in [-0.1, -0.05) is 18.5 Å². The van der Waals surface area contributed by atoms with Gasteiger partial charge < -0.3 is 10.1 Å². The van der Waals surface area contributed by atoms with Gasteiger partial charge >= 0.3 is 0 Å². The summed E-state index contributed by atoms with van der Waals surface area (Å²) >= 11 is 5.79. The maximum atomic E-state index is 10.8. The average Bonchev–Trinajstić information content (AvgIpc) is 2.28. The summed E-state index contributed by atoms with van der Waals surface area (Å²) in [6.45, 7) is 3.74. The van der Waals surface area contributed by atoms with Gasteiger partial charge in [-0.3, -0.25) is 10.1 Å². The Kier molecular flexibility index (Phi) is 5.72. The molecule has 1 N–H and O–H groups in total. The van der Waals surface area contributed by atoms with E-state index in [1.54, 1.807) is 6.07 Å². The van der Waals surface area contributed by atoms with Crippen molar-refractivity contribution in [2.45, 2.75) is 13.3 Å². The minimum Gasteiger partial charge on any atom is -0.380 e. The summed E-state index contributed by atoms with van der Waals surface area (Å²) in [5, 5.41) is 14.2. The van der Waals surface area contributed by atoms with Crippen molar-refractivity contribution in [1.29, 1.82) is 0 Å². The van der Waals surface area contributed by atoms with Gasteiger partial charge in [0.15, 0.2) is 0 Å². The molecule has 0 aliphatic rings. The lowest BCUT2D eigenvalue weighted by molar-refractivity contribution is -0.384. The Labute approximate surface area is 105 Å². The van der Waals surface area contributed by atoms with Crippen LogP contribution in [0.5, 0.6) is 0 Å². The van der Waals surface area contributed by atoms with Gasteiger partial charge in [0, 0.05) is 24.2 Å². The summed E-state index contributed by atoms with van der Waals surface area (Å²) in [5.74, 6) is 0. The van der Waals surface area contributed by atoms with Gasteiger partial charge in [0.05, 0.1) is 11.5 Å². The van der Waals surface area contributed by atoms with Crippen LogP contribution in [0.25, 0.3) is 0 Å². The zero-order valence-corrected chi connectivity index (χ0v) is 10.4. The van der Waals surface area contributed by atoms with Crippen molar-refractivity contribution in [3.05, 3.63) is 33.3 Å². The lowest BCUT2D eigenvalue weighted by Crippen LogP contribution is -2.10. The van der Waals surface area contributed by atoms with E-state index in [0.717, 1.165) is 6.42 Å². The van der Waals surface area contributed by atoms with Crippen molar-refractivity contribution in [1.82, 2.24) is 0 Å². The van der Waals surface area contributed by atoms with Crippen LogP contribution in [0.15, 0.2) is 18.2 Å². The van der Waals surface area contributed by atoms with Crippen LogP contribution >= 0.6 is 11.6 Å². The first-order chi connectivity index (χ1) is 8.15. The van der Waals surface area contributed by atoms with Gasteiger partial charge in [-0.15, -0.1) is 0 Å². The molecule has 1 aromatic rings. The molecule has 0 unspecified atom stereocenters. The molecule has 1 rings (SSSR count). The van der Waals surface area contributed by atoms with E-state index < -0.39 is 4.92 Å². The molecule has 0 fully saturated rings. The van der Waals surface area contributed by atoms with Crippen molar-refractivity contribution in [2.24, 2.45) is 0 Å². The van der Waals surface area contributed by atoms with Crippen LogP contribution in [-0.4, -0.2) is 24.7 Å². The van der Waals surface area contributed by atoms with Crippen LogP contribution in [0.1, 0.15) is 13.3 Å². The normalized spacial score (nSPS) is 10.2. The molecule has 94 valence electrons. The van der Waals surface area contributed by atoms with Crippen molar-refractivity contribution in [3.63, 3.8) is 0 Å². The quantitative estimate of drug-likeness (QED) is 0.464. The standard InChI is InChI=1S/C11H15ClN2O3/c1-2-6-17-7-5-13-10-8-9(12)3-4-11(10)14(15)16/h3-4,8,13H,2,5-7H2,1H3. The molecule has 0 saturated heterocycles. The van der Waals surface area contributed by atoms with E-state index in [9.17, 15) is 10.1 Å². The molecular formula is C11H15ClN2O3. The Morgan fingerprint density at radius 3 is 2.88 bits per heavy atom. The molecule has 0 atom stereocenters. The van der Waals surface area contributed by atoms with Crippen molar-refractivity contribution in [3.8, 4) is 0 Å². The number of nitrogens with one attached hydrogen (secondary N) is 1. The monoisotopic (exact) mass is 258 g/mol. The second kappa shape index (κ2) is 7.09. The third-order valence-electron chi connectivity index (χ3n) is 2.07. The molecule has 0 amide bonds. The summed E-state index contributed by atoms with van der Waals surface area (Å²) in [6, 6.07) is 4.43. The molecule has 6 heteroatoms. The van der Waals surface area contributed by atoms with Gasteiger partial charge in [0.1, 0.15) is 5.69 Å². The van der Waals surface area contributed by atoms with Gasteiger partial charge in [-0.2, -0.15) is 0 Å². The van der Waals surface area contributed by atoms with E-state index in [0.29, 0.717) is 30.5 Å². The van der Waals surface area contributed by atoms with E-state index in [-0.39, 0.29) is 5.69 Å². The molecule has 0 aliphatic carbocycles. The molecule has 0 heterocycles. The van der Waals surface area contributed by atoms with E-state index in [4.69, 9.17) is 16.3 Å². The number of halogens is 1. The first-order valence-electron chi connectivity index (χ1n) is 5.40. The lowest BCUT2D eigenvalue weighted by atomic mass is 10.2. The van der Waals surface area contributed by atoms with Crippen LogP contribution in [0, 0.1) is 10.1 Å². The van der Waals surface area contributed by atoms with Crippen LogP contribution in [-0.2, 0) is 4.74 Å². The minimum atomic E-state index is -0.439. The SMILES string of the molecule is CCCOCCNc1cc(Cl)ccc1[N+](=O)[O-]. The predicted molar refractivity (Wildman–Crippen MR) is 67.7 cm³/mol. The highest BCUT2D eigenvalue weighted by atomic mass is 35.5. The maximum Gasteiger partial charge on any atom is 0.292 e. The molecule has 0 aliphatic heterocycles. The summed E-state index contributed by atoms with van der Waals surface area (Å²) in [7, 11) is 0. The molecule has 0 spiro atoms. The van der Waals surface area contributed by atoms with Gasteiger partial charge in [-0.25, -0.2) is 0 Å². The van der Waals surface area contributed by atoms with Crippen molar-refractivity contribution < 1.29 is 9.66 Å². The Morgan fingerprint density at radius 2 is 2.24 bits per heavy atom. The topological polar surface area (TPSA) is 64.4 Å². The fraction of sp³-hybridized carbons (Fsp3) is 0.455. The fourth-order valence-electron chi connectivity index (χ4n) is 1.31. The Hall–Kier alpha value is -1.33. The van der Waals surface area contributed by atoms with E-state index in [1.165, 1.54) is 12.1 Å². The number of anilines is 1. The van der Waals surface area contributed by atoms with Crippen molar-refractivity contribution in [2.75, 3.05) is 25.1 Å². The number of benzene rings is 1. The zero-order valence-electron chi connectivity index (χ0n) is 9.61. The van der Waals surface area contributed by atoms with Gasteiger partial charge in [-0.05, 0) is 18.6 Å². The number of hydrogen-bond donors (Lipinski definition) is 1. The summed E-state index contributed by atoms with van der Waals surface area (Å²) in [4.78, 5) is 10.3. The van der Waals surface area contributed by atoms with Crippen LogP contribution in [0.3, 0.4) is 0 Å². The number of rotatable bonds is 7. The third-order valence-corrected chi connectivity index (χ3v) is 2.30. The third kappa shape index (κ3) is 4.58. The molecule has 0 bridgehead atoms. The maximum absolute atomic E-state index is 10.8. The molecule has 1 aromatic carbocycles. The first-order valence-corrected chi connectivity index (χ1v) is 5.78. The first kappa shape index (κ1) is 13.7. The van der Waals surface area contributed by atoms with E-state index in [2.05, 4.69) is 5.32 Å². The number of hydrogen-bond acceptors (Lipinski definition) is 4. The Morgan fingerprint density at radius 1 is 1.47 bits per heavy atom. The molecule has 0 radical (unpaired) electrons. The second-order valence-corrected chi connectivity index (χ2v) is 3.89. The highest BCUT2D eigenvalue weighted by molar-refractivity contribution is 6.31. The van der Waals surface area contributed by atoms with Gasteiger partial charge in [0.25, 0.3) is 5.69 Å². The average molecular weight is 259 g/mol. The number of nitro benzene ring substituents is 1. The molecular weight excluding hydrogens is 244 g/mol. The molecule has 0 saturated carbocycles. The second-order valence-electron chi connectivity index (χ2n) is 3.46. The smallest absolute Gasteiger partial charge is 0.292 e. The molecule has 0 aromatic heterocycles. The largest absolute Gasteiger partial charge is 0.380 e. The fourth-order valence-corrected chi connectivity index (χ4v) is 1.49. The Bertz CT molecular complexity index is 385. The molecule has 5 nitrogen and oxygen atoms in total. The zero-order chi connectivity index (χ0) is 12.7. The Balaban J connectivity index is 2.56. The predicted octanol–water partition coefficient (Wildman–Crippen LogP) is 3.09. The van der Waals surface area contributed by atoms with E-state index in [1.807, 2.05) is 6.92 Å². The summed E-state index contributed by atoms with van der Waals surface area (Å²) in [5.41, 5.74) is 0.437. The van der Waals surface area contributed by atoms with Crippen LogP contribution < -0.4 is 5.32 Å². The van der Waals surface area contributed by atoms with Crippen molar-refractivity contribution >= 4 is 23.0 Å². The van der Waals surface area contributed by atoms with E-state index >= 15 is 0 Å². The lowest BCUT2D eigenvalue weighted by Gasteiger charge is -2.07. The highest BCUT2D eigenvalue weighted by Crippen LogP contribution is 2.27. The number of nitro groups is 1. The molecule has 17 heavy (non-hydrogen) atoms. The number of ether oxygens (including phenoxy) is 1. The summed E-state index contributed by atoms with van der Waals surface area (Å²) < 4.78 is 5.27.